The number of carbonyl (C=O) groups excluding carboxylic acids is 1. The molecule has 6 nitrogen and oxygen atoms in total. The summed E-state index contributed by atoms with van der Waals surface area (Å²) in [5.41, 5.74) is 0.991. The number of aliphatic hydroxyl groups is 1. The molecule has 1 atom stereocenters. The van der Waals surface area contributed by atoms with E-state index in [0.717, 1.165) is 0 Å². The van der Waals surface area contributed by atoms with Crippen molar-refractivity contribution in [1.82, 2.24) is 9.88 Å². The van der Waals surface area contributed by atoms with Crippen LogP contribution in [-0.4, -0.2) is 53.7 Å². The van der Waals surface area contributed by atoms with E-state index in [4.69, 9.17) is 39.5 Å². The molecule has 0 aliphatic carbocycles. The van der Waals surface area contributed by atoms with E-state index in [1.54, 1.807) is 29.2 Å². The molecular weight excluding hydrogens is 413 g/mol. The number of carbonyl (C=O) groups is 1. The number of nitrogens with one attached hydrogen (secondary N) is 1. The molecule has 144 valence electrons. The third-order valence-electron chi connectivity index (χ3n) is 4.12. The summed E-state index contributed by atoms with van der Waals surface area (Å²) in [7, 11) is 0. The Morgan fingerprint density at radius 3 is 2.48 bits per heavy atom. The molecular formula is C18H18Cl3N3O3. The molecule has 2 N–H and O–H groups in total. The van der Waals surface area contributed by atoms with Gasteiger partial charge in [0.05, 0.1) is 29.9 Å². The number of aromatic nitrogens is 1. The zero-order valence-corrected chi connectivity index (χ0v) is 16.6. The van der Waals surface area contributed by atoms with Gasteiger partial charge in [0.25, 0.3) is 5.91 Å². The van der Waals surface area contributed by atoms with Crippen molar-refractivity contribution in [3.05, 3.63) is 56.7 Å². The van der Waals surface area contributed by atoms with E-state index in [0.29, 0.717) is 58.3 Å². The van der Waals surface area contributed by atoms with Crippen LogP contribution in [0.15, 0.2) is 30.5 Å². The Labute approximate surface area is 172 Å². The molecule has 0 bridgehead atoms. The van der Waals surface area contributed by atoms with Crippen molar-refractivity contribution in [3.63, 3.8) is 0 Å². The van der Waals surface area contributed by atoms with Crippen molar-refractivity contribution in [2.24, 2.45) is 0 Å². The van der Waals surface area contributed by atoms with Gasteiger partial charge in [-0.2, -0.15) is 0 Å². The monoisotopic (exact) mass is 429 g/mol. The zero-order chi connectivity index (χ0) is 19.4. The Balaban J connectivity index is 1.64. The van der Waals surface area contributed by atoms with Crippen LogP contribution in [0.5, 0.6) is 0 Å². The average Bonchev–Trinajstić information content (AvgIpc) is 2.66. The number of hydrogen-bond acceptors (Lipinski definition) is 5. The van der Waals surface area contributed by atoms with Crippen LogP contribution in [-0.2, 0) is 4.74 Å². The zero-order valence-electron chi connectivity index (χ0n) is 14.3. The first-order valence-corrected chi connectivity index (χ1v) is 9.48. The minimum absolute atomic E-state index is 0.132. The highest BCUT2D eigenvalue weighted by Crippen LogP contribution is 2.25. The molecule has 1 aromatic heterocycles. The summed E-state index contributed by atoms with van der Waals surface area (Å²) in [5.74, 6) is 0.246. The fourth-order valence-electron chi connectivity index (χ4n) is 2.71. The first kappa shape index (κ1) is 20.2. The predicted molar refractivity (Wildman–Crippen MR) is 106 cm³/mol. The molecule has 1 saturated heterocycles. The number of benzene rings is 1. The number of aliphatic hydroxyl groups excluding tert-OH is 1. The van der Waals surface area contributed by atoms with Crippen LogP contribution in [0.4, 0.5) is 5.82 Å². The van der Waals surface area contributed by atoms with E-state index in [-0.39, 0.29) is 12.5 Å². The van der Waals surface area contributed by atoms with Crippen LogP contribution in [0.1, 0.15) is 22.0 Å². The molecule has 27 heavy (non-hydrogen) atoms. The van der Waals surface area contributed by atoms with Gasteiger partial charge in [-0.05, 0) is 29.8 Å². The number of halogens is 3. The molecule has 2 heterocycles. The van der Waals surface area contributed by atoms with E-state index in [9.17, 15) is 9.90 Å². The molecule has 9 heteroatoms. The van der Waals surface area contributed by atoms with Gasteiger partial charge in [0.1, 0.15) is 5.82 Å². The second kappa shape index (κ2) is 9.08. The Morgan fingerprint density at radius 1 is 1.19 bits per heavy atom. The molecule has 0 saturated carbocycles. The summed E-state index contributed by atoms with van der Waals surface area (Å²) in [6.07, 6.45) is 0.614. The standard InChI is InChI=1S/C18H18Cl3N3O3/c19-13-5-11(6-14(20)8-13)16(25)10-23-17-15(21)7-12(9-22-17)18(26)24-1-3-27-4-2-24/h5-9,16,25H,1-4,10H2,(H,22,23). The molecule has 1 fully saturated rings. The van der Waals surface area contributed by atoms with Gasteiger partial charge >= 0.3 is 0 Å². The summed E-state index contributed by atoms with van der Waals surface area (Å²) in [6.45, 7) is 2.30. The molecule has 0 radical (unpaired) electrons. The molecule has 1 unspecified atom stereocenters. The third-order valence-corrected chi connectivity index (χ3v) is 4.84. The highest BCUT2D eigenvalue weighted by molar-refractivity contribution is 6.34. The van der Waals surface area contributed by atoms with Crippen LogP contribution >= 0.6 is 34.8 Å². The third kappa shape index (κ3) is 5.24. The molecule has 1 aromatic carbocycles. The Bertz CT molecular complexity index is 808. The van der Waals surface area contributed by atoms with Crippen molar-refractivity contribution < 1.29 is 14.6 Å². The van der Waals surface area contributed by atoms with Crippen LogP contribution in [0.3, 0.4) is 0 Å². The van der Waals surface area contributed by atoms with Gasteiger partial charge in [-0.15, -0.1) is 0 Å². The summed E-state index contributed by atoms with van der Waals surface area (Å²) >= 11 is 18.2. The lowest BCUT2D eigenvalue weighted by Gasteiger charge is -2.26. The molecule has 0 spiro atoms. The summed E-state index contributed by atoms with van der Waals surface area (Å²) in [6, 6.07) is 6.44. The van der Waals surface area contributed by atoms with E-state index in [2.05, 4.69) is 10.3 Å². The van der Waals surface area contributed by atoms with Crippen molar-refractivity contribution in [3.8, 4) is 0 Å². The fraction of sp³-hybridized carbons (Fsp3) is 0.333. The van der Waals surface area contributed by atoms with Gasteiger partial charge in [0, 0.05) is 35.9 Å². The number of ether oxygens (including phenoxy) is 1. The fourth-order valence-corrected chi connectivity index (χ4v) is 3.49. The number of amides is 1. The summed E-state index contributed by atoms with van der Waals surface area (Å²) < 4.78 is 5.25. The highest BCUT2D eigenvalue weighted by Gasteiger charge is 2.20. The van der Waals surface area contributed by atoms with Crippen molar-refractivity contribution in [2.75, 3.05) is 38.2 Å². The Hall–Kier alpha value is -1.57. The van der Waals surface area contributed by atoms with Crippen molar-refractivity contribution >= 4 is 46.5 Å². The minimum atomic E-state index is -0.853. The normalized spacial score (nSPS) is 15.5. The Morgan fingerprint density at radius 2 is 1.85 bits per heavy atom. The smallest absolute Gasteiger partial charge is 0.255 e. The van der Waals surface area contributed by atoms with Gasteiger partial charge in [0.15, 0.2) is 0 Å². The highest BCUT2D eigenvalue weighted by atomic mass is 35.5. The van der Waals surface area contributed by atoms with Gasteiger partial charge in [0.2, 0.25) is 0 Å². The largest absolute Gasteiger partial charge is 0.387 e. The first-order valence-electron chi connectivity index (χ1n) is 8.34. The summed E-state index contributed by atoms with van der Waals surface area (Å²) in [5, 5.41) is 14.5. The number of rotatable bonds is 5. The maximum Gasteiger partial charge on any atom is 0.255 e. The molecule has 2 aromatic rings. The van der Waals surface area contributed by atoms with E-state index >= 15 is 0 Å². The lowest BCUT2D eigenvalue weighted by molar-refractivity contribution is 0.0302. The quantitative estimate of drug-likeness (QED) is 0.757. The van der Waals surface area contributed by atoms with Crippen LogP contribution in [0.25, 0.3) is 0 Å². The number of anilines is 1. The van der Waals surface area contributed by atoms with E-state index in [1.165, 1.54) is 6.20 Å². The number of hydrogen-bond donors (Lipinski definition) is 2. The lowest BCUT2D eigenvalue weighted by atomic mass is 10.1. The second-order valence-electron chi connectivity index (χ2n) is 6.06. The van der Waals surface area contributed by atoms with Gasteiger partial charge in [-0.3, -0.25) is 4.79 Å². The molecule has 1 amide bonds. The average molecular weight is 431 g/mol. The first-order chi connectivity index (χ1) is 12.9. The molecule has 3 rings (SSSR count). The van der Waals surface area contributed by atoms with E-state index in [1.807, 2.05) is 0 Å². The Kier molecular flexibility index (Phi) is 6.78. The van der Waals surface area contributed by atoms with Crippen LogP contribution < -0.4 is 5.32 Å². The predicted octanol–water partition coefficient (Wildman–Crippen LogP) is 3.66. The van der Waals surface area contributed by atoms with Crippen LogP contribution in [0.2, 0.25) is 15.1 Å². The SMILES string of the molecule is O=C(c1cnc(NCC(O)c2cc(Cl)cc(Cl)c2)c(Cl)c1)N1CCOCC1. The second-order valence-corrected chi connectivity index (χ2v) is 7.34. The summed E-state index contributed by atoms with van der Waals surface area (Å²) in [4.78, 5) is 18.4. The van der Waals surface area contributed by atoms with Gasteiger partial charge in [-0.25, -0.2) is 4.98 Å². The molecule has 1 aliphatic heterocycles. The lowest BCUT2D eigenvalue weighted by Crippen LogP contribution is -2.40. The van der Waals surface area contributed by atoms with Crippen molar-refractivity contribution in [1.29, 1.82) is 0 Å². The topological polar surface area (TPSA) is 74.7 Å². The van der Waals surface area contributed by atoms with Crippen LogP contribution in [0, 0.1) is 0 Å². The minimum Gasteiger partial charge on any atom is -0.387 e. The molecule has 1 aliphatic rings. The van der Waals surface area contributed by atoms with Gasteiger partial charge in [-0.1, -0.05) is 34.8 Å². The van der Waals surface area contributed by atoms with E-state index < -0.39 is 6.10 Å². The number of nitrogens with zero attached hydrogens (tertiary/aromatic N) is 2. The van der Waals surface area contributed by atoms with Crippen molar-refractivity contribution in [2.45, 2.75) is 6.10 Å². The number of morpholine rings is 1. The maximum atomic E-state index is 12.5. The van der Waals surface area contributed by atoms with Gasteiger partial charge < -0.3 is 20.1 Å². The number of pyridine rings is 1. The maximum absolute atomic E-state index is 12.5.